The Balaban J connectivity index is 1.05. The van der Waals surface area contributed by atoms with E-state index in [1.807, 2.05) is 0 Å². The molecule has 0 saturated heterocycles. The van der Waals surface area contributed by atoms with E-state index in [1.165, 1.54) is 49.9 Å². The van der Waals surface area contributed by atoms with Crippen molar-refractivity contribution in [3.05, 3.63) is 236 Å². The van der Waals surface area contributed by atoms with Crippen molar-refractivity contribution in [1.82, 2.24) is 0 Å². The Bertz CT molecular complexity index is 3520. The number of fused-ring (bicyclic) bond motifs is 8. The zero-order valence-corrected chi connectivity index (χ0v) is 35.2. The molecule has 0 fully saturated rings. The number of rotatable bonds is 7. The largest absolute Gasteiger partial charge is 0.455 e. The third-order valence-electron chi connectivity index (χ3n) is 13.3. The standard InChI is InChI=1S/C61H43NO/c1-61(2)56-27-14-13-24-51(56)52-36-34-46(39-57(52)61)62(45-32-28-43(29-33-45)50-25-15-26-53-54-35-30-42-20-9-10-23-49(42)60(54)63-59(50)53)58-37-31-44(38-55(58)41-18-7-4-8-19-41)48-22-12-11-21-47(48)40-16-5-3-6-17-40/h3-39H,1-2H3. The van der Waals surface area contributed by atoms with E-state index in [0.717, 1.165) is 66.6 Å². The zero-order valence-electron chi connectivity index (χ0n) is 35.2. The molecule has 0 saturated carbocycles. The van der Waals surface area contributed by atoms with E-state index in [1.54, 1.807) is 0 Å². The summed E-state index contributed by atoms with van der Waals surface area (Å²) in [5.74, 6) is 0. The van der Waals surface area contributed by atoms with Crippen molar-refractivity contribution >= 4 is 49.8 Å². The monoisotopic (exact) mass is 805 g/mol. The summed E-state index contributed by atoms with van der Waals surface area (Å²) < 4.78 is 6.79. The second-order valence-electron chi connectivity index (χ2n) is 17.2. The van der Waals surface area contributed by atoms with Gasteiger partial charge in [-0.2, -0.15) is 0 Å². The van der Waals surface area contributed by atoms with Crippen LogP contribution in [0.5, 0.6) is 0 Å². The minimum atomic E-state index is -0.151. The molecular formula is C61H43NO. The van der Waals surface area contributed by atoms with Gasteiger partial charge in [0, 0.05) is 44.1 Å². The predicted molar refractivity (Wildman–Crippen MR) is 265 cm³/mol. The van der Waals surface area contributed by atoms with Gasteiger partial charge in [-0.15, -0.1) is 0 Å². The third kappa shape index (κ3) is 6.02. The van der Waals surface area contributed by atoms with Crippen molar-refractivity contribution in [2.75, 3.05) is 4.90 Å². The van der Waals surface area contributed by atoms with E-state index in [-0.39, 0.29) is 5.41 Å². The highest BCUT2D eigenvalue weighted by Gasteiger charge is 2.36. The summed E-state index contributed by atoms with van der Waals surface area (Å²) in [5, 5.41) is 4.57. The first-order valence-corrected chi connectivity index (χ1v) is 21.8. The molecule has 0 bridgehead atoms. The summed E-state index contributed by atoms with van der Waals surface area (Å²) in [6.45, 7) is 4.72. The fourth-order valence-electron chi connectivity index (χ4n) is 10.2. The van der Waals surface area contributed by atoms with E-state index < -0.39 is 0 Å². The maximum absolute atomic E-state index is 6.79. The topological polar surface area (TPSA) is 16.4 Å². The van der Waals surface area contributed by atoms with Crippen LogP contribution in [-0.2, 0) is 5.41 Å². The van der Waals surface area contributed by atoms with Gasteiger partial charge < -0.3 is 9.32 Å². The number of benzene rings is 10. The molecular weight excluding hydrogens is 763 g/mol. The maximum Gasteiger partial charge on any atom is 0.143 e. The fraction of sp³-hybridized carbons (Fsp3) is 0.0492. The smallest absolute Gasteiger partial charge is 0.143 e. The van der Waals surface area contributed by atoms with Crippen molar-refractivity contribution in [1.29, 1.82) is 0 Å². The minimum Gasteiger partial charge on any atom is -0.455 e. The van der Waals surface area contributed by atoms with Crippen molar-refractivity contribution < 1.29 is 4.42 Å². The zero-order chi connectivity index (χ0) is 42.1. The molecule has 0 aliphatic heterocycles. The van der Waals surface area contributed by atoms with Gasteiger partial charge in [0.15, 0.2) is 0 Å². The van der Waals surface area contributed by atoms with Gasteiger partial charge in [-0.05, 0) is 103 Å². The van der Waals surface area contributed by atoms with Crippen LogP contribution in [0.1, 0.15) is 25.0 Å². The second-order valence-corrected chi connectivity index (χ2v) is 17.2. The molecule has 2 nitrogen and oxygen atoms in total. The highest BCUT2D eigenvalue weighted by Crippen LogP contribution is 2.52. The molecule has 0 unspecified atom stereocenters. The van der Waals surface area contributed by atoms with Crippen molar-refractivity contribution in [2.45, 2.75) is 19.3 Å². The molecule has 10 aromatic carbocycles. The molecule has 1 aromatic heterocycles. The van der Waals surface area contributed by atoms with E-state index >= 15 is 0 Å². The van der Waals surface area contributed by atoms with Crippen molar-refractivity contribution in [2.24, 2.45) is 0 Å². The Morgan fingerprint density at radius 3 is 1.67 bits per heavy atom. The Labute approximate surface area is 368 Å². The number of para-hydroxylation sites is 1. The van der Waals surface area contributed by atoms with Crippen LogP contribution in [0.4, 0.5) is 17.1 Å². The van der Waals surface area contributed by atoms with Gasteiger partial charge >= 0.3 is 0 Å². The van der Waals surface area contributed by atoms with Gasteiger partial charge in [0.2, 0.25) is 0 Å². The lowest BCUT2D eigenvalue weighted by molar-refractivity contribution is 0.660. The van der Waals surface area contributed by atoms with Crippen LogP contribution in [0.2, 0.25) is 0 Å². The predicted octanol–water partition coefficient (Wildman–Crippen LogP) is 17.2. The van der Waals surface area contributed by atoms with Crippen LogP contribution in [0.3, 0.4) is 0 Å². The molecule has 1 heterocycles. The Hall–Kier alpha value is -7.94. The van der Waals surface area contributed by atoms with Crippen molar-refractivity contribution in [3.63, 3.8) is 0 Å². The third-order valence-corrected chi connectivity index (χ3v) is 13.3. The summed E-state index contributed by atoms with van der Waals surface area (Å²) in [6.07, 6.45) is 0. The Morgan fingerprint density at radius 2 is 0.889 bits per heavy atom. The van der Waals surface area contributed by atoms with Gasteiger partial charge in [0.25, 0.3) is 0 Å². The summed E-state index contributed by atoms with van der Waals surface area (Å²) in [7, 11) is 0. The number of anilines is 3. The summed E-state index contributed by atoms with van der Waals surface area (Å²) in [4.78, 5) is 2.45. The van der Waals surface area contributed by atoms with Crippen LogP contribution < -0.4 is 4.90 Å². The van der Waals surface area contributed by atoms with Crippen LogP contribution in [0.15, 0.2) is 229 Å². The first-order chi connectivity index (χ1) is 31.0. The van der Waals surface area contributed by atoms with Gasteiger partial charge in [0.05, 0.1) is 5.69 Å². The first kappa shape index (κ1) is 36.9. The molecule has 1 aliphatic carbocycles. The van der Waals surface area contributed by atoms with Gasteiger partial charge in [-0.3, -0.25) is 0 Å². The quantitative estimate of drug-likeness (QED) is 0.160. The lowest BCUT2D eigenvalue weighted by Gasteiger charge is -2.30. The number of hydrogen-bond donors (Lipinski definition) is 0. The molecule has 0 amide bonds. The van der Waals surface area contributed by atoms with Crippen LogP contribution >= 0.6 is 0 Å². The second kappa shape index (κ2) is 14.6. The normalized spacial score (nSPS) is 12.7. The molecule has 2 heteroatoms. The van der Waals surface area contributed by atoms with E-state index in [0.29, 0.717) is 0 Å². The van der Waals surface area contributed by atoms with Crippen LogP contribution in [-0.4, -0.2) is 0 Å². The van der Waals surface area contributed by atoms with E-state index in [4.69, 9.17) is 4.42 Å². The maximum atomic E-state index is 6.79. The van der Waals surface area contributed by atoms with Crippen molar-refractivity contribution in [3.8, 4) is 55.6 Å². The average molecular weight is 806 g/mol. The highest BCUT2D eigenvalue weighted by molar-refractivity contribution is 6.17. The summed E-state index contributed by atoms with van der Waals surface area (Å²) in [6, 6.07) is 81.6. The fourth-order valence-corrected chi connectivity index (χ4v) is 10.2. The van der Waals surface area contributed by atoms with E-state index in [9.17, 15) is 0 Å². The summed E-state index contributed by atoms with van der Waals surface area (Å²) in [5.41, 5.74) is 19.6. The lowest BCUT2D eigenvalue weighted by Crippen LogP contribution is -2.17. The molecule has 0 atom stereocenters. The highest BCUT2D eigenvalue weighted by atomic mass is 16.3. The SMILES string of the molecule is CC1(C)c2ccccc2-c2ccc(N(c3ccc(-c4cccc5c4oc4c6ccccc6ccc54)cc3)c3ccc(-c4ccccc4-c4ccccc4)cc3-c3ccccc3)cc21. The number of furan rings is 1. The molecule has 1 aliphatic rings. The lowest BCUT2D eigenvalue weighted by atomic mass is 9.82. The molecule has 11 aromatic rings. The minimum absolute atomic E-state index is 0.151. The summed E-state index contributed by atoms with van der Waals surface area (Å²) >= 11 is 0. The molecule has 0 radical (unpaired) electrons. The van der Waals surface area contributed by atoms with Crippen LogP contribution in [0, 0.1) is 0 Å². The molecule has 63 heavy (non-hydrogen) atoms. The van der Waals surface area contributed by atoms with Crippen LogP contribution in [0.25, 0.3) is 88.3 Å². The van der Waals surface area contributed by atoms with Gasteiger partial charge in [-0.25, -0.2) is 0 Å². The molecule has 298 valence electrons. The van der Waals surface area contributed by atoms with E-state index in [2.05, 4.69) is 243 Å². The first-order valence-electron chi connectivity index (χ1n) is 21.8. The molecule has 12 rings (SSSR count). The number of hydrogen-bond acceptors (Lipinski definition) is 2. The average Bonchev–Trinajstić information content (AvgIpc) is 3.85. The Kier molecular flexibility index (Phi) is 8.55. The number of nitrogens with zero attached hydrogens (tertiary/aromatic N) is 1. The Morgan fingerprint density at radius 1 is 0.333 bits per heavy atom. The molecule has 0 spiro atoms. The molecule has 0 N–H and O–H groups in total. The van der Waals surface area contributed by atoms with Gasteiger partial charge in [-0.1, -0.05) is 196 Å². The van der Waals surface area contributed by atoms with Gasteiger partial charge in [0.1, 0.15) is 11.2 Å².